The average molecular weight is 304 g/mol. The van der Waals surface area contributed by atoms with Crippen molar-refractivity contribution in [3.8, 4) is 0 Å². The van der Waals surface area contributed by atoms with Crippen molar-refractivity contribution in [3.05, 3.63) is 52.0 Å². The smallest absolute Gasteiger partial charge is 0.325 e. The zero-order valence-corrected chi connectivity index (χ0v) is 13.3. The number of carbonyl (C=O) groups is 1. The Hall–Kier alpha value is -1.72. The first-order chi connectivity index (χ1) is 9.88. The molecule has 1 atom stereocenters. The number of aromatic nitrogens is 1. The molecular formula is C16H20N2O2S. The minimum atomic E-state index is -0.882. The molecule has 112 valence electrons. The van der Waals surface area contributed by atoms with E-state index < -0.39 is 12.0 Å². The molecule has 0 bridgehead atoms. The number of thiazole rings is 1. The van der Waals surface area contributed by atoms with Gasteiger partial charge in [-0.05, 0) is 5.56 Å². The summed E-state index contributed by atoms with van der Waals surface area (Å²) < 4.78 is 0. The lowest BCUT2D eigenvalue weighted by atomic mass is 9.98. The van der Waals surface area contributed by atoms with Gasteiger partial charge in [0.15, 0.2) is 0 Å². The topological polar surface area (TPSA) is 62.2 Å². The highest BCUT2D eigenvalue weighted by Crippen LogP contribution is 2.25. The molecule has 1 aromatic carbocycles. The first-order valence-corrected chi connectivity index (χ1v) is 7.72. The van der Waals surface area contributed by atoms with Gasteiger partial charge in [-0.15, -0.1) is 11.3 Å². The Morgan fingerprint density at radius 3 is 2.52 bits per heavy atom. The number of nitrogens with zero attached hydrogens (tertiary/aromatic N) is 1. The molecule has 0 fully saturated rings. The second-order valence-electron chi connectivity index (χ2n) is 5.96. The Morgan fingerprint density at radius 2 is 2.00 bits per heavy atom. The number of hydrogen-bond donors (Lipinski definition) is 2. The third-order valence-corrected chi connectivity index (χ3v) is 4.38. The number of nitrogens with one attached hydrogen (secondary N) is 1. The maximum Gasteiger partial charge on any atom is 0.325 e. The lowest BCUT2D eigenvalue weighted by Crippen LogP contribution is -2.28. The fraction of sp³-hybridized carbons (Fsp3) is 0.375. The number of hydrogen-bond acceptors (Lipinski definition) is 4. The zero-order valence-electron chi connectivity index (χ0n) is 12.5. The number of benzene rings is 1. The van der Waals surface area contributed by atoms with Gasteiger partial charge in [0.2, 0.25) is 0 Å². The van der Waals surface area contributed by atoms with Crippen LogP contribution < -0.4 is 5.32 Å². The summed E-state index contributed by atoms with van der Waals surface area (Å²) in [5.41, 5.74) is 1.65. The van der Waals surface area contributed by atoms with Crippen LogP contribution in [0.3, 0.4) is 0 Å². The van der Waals surface area contributed by atoms with E-state index in [4.69, 9.17) is 0 Å². The van der Waals surface area contributed by atoms with E-state index >= 15 is 0 Å². The third-order valence-electron chi connectivity index (χ3n) is 3.06. The highest BCUT2D eigenvalue weighted by atomic mass is 32.1. The van der Waals surface area contributed by atoms with E-state index in [9.17, 15) is 9.90 Å². The highest BCUT2D eigenvalue weighted by Gasteiger charge is 2.21. The second kappa shape index (κ2) is 6.37. The quantitative estimate of drug-likeness (QED) is 0.889. The molecule has 2 N–H and O–H groups in total. The molecule has 2 aromatic rings. The van der Waals surface area contributed by atoms with Gasteiger partial charge in [0.25, 0.3) is 0 Å². The Kier molecular flexibility index (Phi) is 4.75. The highest BCUT2D eigenvalue weighted by molar-refractivity contribution is 7.09. The van der Waals surface area contributed by atoms with Crippen LogP contribution >= 0.6 is 11.3 Å². The molecule has 0 saturated heterocycles. The lowest BCUT2D eigenvalue weighted by Gasteiger charge is -2.15. The molecule has 0 aliphatic heterocycles. The van der Waals surface area contributed by atoms with Crippen LogP contribution in [0.1, 0.15) is 43.1 Å². The molecule has 0 spiro atoms. The summed E-state index contributed by atoms with van der Waals surface area (Å²) in [6.07, 6.45) is 0. The molecule has 0 amide bonds. The van der Waals surface area contributed by atoms with Gasteiger partial charge in [-0.25, -0.2) is 4.98 Å². The first-order valence-electron chi connectivity index (χ1n) is 6.84. The fourth-order valence-corrected chi connectivity index (χ4v) is 2.84. The maximum absolute atomic E-state index is 11.4. The fourth-order valence-electron chi connectivity index (χ4n) is 1.93. The van der Waals surface area contributed by atoms with E-state index in [-0.39, 0.29) is 5.41 Å². The number of rotatable bonds is 5. The second-order valence-corrected chi connectivity index (χ2v) is 6.81. The van der Waals surface area contributed by atoms with E-state index in [2.05, 4.69) is 31.1 Å². The van der Waals surface area contributed by atoms with Crippen LogP contribution in [0.15, 0.2) is 35.7 Å². The third kappa shape index (κ3) is 4.12. The molecule has 2 rings (SSSR count). The molecule has 5 heteroatoms. The Bertz CT molecular complexity index is 602. The van der Waals surface area contributed by atoms with Crippen molar-refractivity contribution in [2.75, 3.05) is 0 Å². The Morgan fingerprint density at radius 1 is 1.33 bits per heavy atom. The molecule has 4 nitrogen and oxygen atoms in total. The monoisotopic (exact) mass is 304 g/mol. The van der Waals surface area contributed by atoms with Crippen LogP contribution in [-0.4, -0.2) is 16.1 Å². The van der Waals surface area contributed by atoms with Gasteiger partial charge >= 0.3 is 5.97 Å². The van der Waals surface area contributed by atoms with Gasteiger partial charge in [0.1, 0.15) is 6.04 Å². The van der Waals surface area contributed by atoms with Gasteiger partial charge in [-0.2, -0.15) is 0 Å². The minimum absolute atomic E-state index is 0.0224. The van der Waals surface area contributed by atoms with Crippen LogP contribution in [0, 0.1) is 0 Å². The molecule has 0 radical (unpaired) electrons. The molecule has 0 unspecified atom stereocenters. The minimum Gasteiger partial charge on any atom is -0.480 e. The van der Waals surface area contributed by atoms with Crippen molar-refractivity contribution in [2.24, 2.45) is 0 Å². The van der Waals surface area contributed by atoms with Gasteiger partial charge in [0.05, 0.1) is 10.7 Å². The van der Waals surface area contributed by atoms with Crippen LogP contribution in [0.25, 0.3) is 0 Å². The average Bonchev–Trinajstić information content (AvgIpc) is 2.88. The summed E-state index contributed by atoms with van der Waals surface area (Å²) >= 11 is 1.61. The van der Waals surface area contributed by atoms with E-state index in [0.29, 0.717) is 6.54 Å². The standard InChI is InChI=1S/C16H20N2O2S/c1-16(2,3)15-18-12(10-21-15)9-17-13(14(19)20)11-7-5-4-6-8-11/h4-8,10,13,17H,9H2,1-3H3,(H,19,20)/t13-/m0/s1. The van der Waals surface area contributed by atoms with E-state index in [0.717, 1.165) is 16.3 Å². The van der Waals surface area contributed by atoms with Crippen molar-refractivity contribution < 1.29 is 9.90 Å². The van der Waals surface area contributed by atoms with Gasteiger partial charge in [-0.1, -0.05) is 51.1 Å². The molecular weight excluding hydrogens is 284 g/mol. The first kappa shape index (κ1) is 15.7. The number of carboxylic acid groups (broad SMARTS) is 1. The van der Waals surface area contributed by atoms with Crippen LogP contribution in [0.4, 0.5) is 0 Å². The summed E-state index contributed by atoms with van der Waals surface area (Å²) in [6.45, 7) is 6.80. The zero-order chi connectivity index (χ0) is 15.5. The van der Waals surface area contributed by atoms with E-state index in [1.54, 1.807) is 11.3 Å². The Labute approximate surface area is 128 Å². The van der Waals surface area contributed by atoms with Gasteiger partial charge in [-0.3, -0.25) is 10.1 Å². The Balaban J connectivity index is 2.06. The largest absolute Gasteiger partial charge is 0.480 e. The van der Waals surface area contributed by atoms with Crippen molar-refractivity contribution in [1.82, 2.24) is 10.3 Å². The molecule has 0 saturated carbocycles. The van der Waals surface area contributed by atoms with Gasteiger partial charge in [0, 0.05) is 17.3 Å². The molecule has 21 heavy (non-hydrogen) atoms. The maximum atomic E-state index is 11.4. The van der Waals surface area contributed by atoms with Crippen molar-refractivity contribution in [3.63, 3.8) is 0 Å². The summed E-state index contributed by atoms with van der Waals surface area (Å²) in [7, 11) is 0. The number of aliphatic carboxylic acids is 1. The van der Waals surface area contributed by atoms with E-state index in [1.807, 2.05) is 35.7 Å². The van der Waals surface area contributed by atoms with Crippen LogP contribution in [0.5, 0.6) is 0 Å². The van der Waals surface area contributed by atoms with Crippen LogP contribution in [0.2, 0.25) is 0 Å². The SMILES string of the molecule is CC(C)(C)c1nc(CN[C@H](C(=O)O)c2ccccc2)cs1. The summed E-state index contributed by atoms with van der Waals surface area (Å²) in [5, 5.41) is 15.5. The van der Waals surface area contributed by atoms with Crippen molar-refractivity contribution in [1.29, 1.82) is 0 Å². The predicted molar refractivity (Wildman–Crippen MR) is 84.5 cm³/mol. The summed E-state index contributed by atoms with van der Waals surface area (Å²) in [5.74, 6) is -0.882. The van der Waals surface area contributed by atoms with Gasteiger partial charge < -0.3 is 5.11 Å². The molecule has 1 heterocycles. The molecule has 1 aromatic heterocycles. The van der Waals surface area contributed by atoms with Crippen molar-refractivity contribution in [2.45, 2.75) is 38.8 Å². The molecule has 0 aliphatic carbocycles. The van der Waals surface area contributed by atoms with Crippen LogP contribution in [-0.2, 0) is 16.8 Å². The normalized spacial score (nSPS) is 13.1. The number of carboxylic acids is 1. The summed E-state index contributed by atoms with van der Waals surface area (Å²) in [6, 6.07) is 8.46. The van der Waals surface area contributed by atoms with Crippen molar-refractivity contribution >= 4 is 17.3 Å². The lowest BCUT2D eigenvalue weighted by molar-refractivity contribution is -0.139. The molecule has 0 aliphatic rings. The predicted octanol–water partition coefficient (Wildman–Crippen LogP) is 3.36. The summed E-state index contributed by atoms with van der Waals surface area (Å²) in [4.78, 5) is 16.0. The van der Waals surface area contributed by atoms with E-state index in [1.165, 1.54) is 0 Å².